The fraction of sp³-hybridized carbons (Fsp3) is 0.333. The molecule has 1 aliphatic carbocycles. The highest BCUT2D eigenvalue weighted by molar-refractivity contribution is 5.71. The fourth-order valence-electron chi connectivity index (χ4n) is 3.31. The lowest BCUT2D eigenvalue weighted by atomic mass is 9.86. The number of hydrogen-bond acceptors (Lipinski definition) is 0. The van der Waals surface area contributed by atoms with Crippen LogP contribution in [-0.4, -0.2) is 0 Å². The molecule has 0 fully saturated rings. The molecule has 2 aromatic rings. The third-order valence-corrected chi connectivity index (χ3v) is 4.62. The molecule has 0 unspecified atom stereocenters. The monoisotopic (exact) mass is 312 g/mol. The Morgan fingerprint density at radius 3 is 2.48 bits per heavy atom. The normalized spacial score (nSPS) is 13.7. The van der Waals surface area contributed by atoms with Crippen molar-refractivity contribution in [3.05, 3.63) is 75.9 Å². The molecule has 23 heavy (non-hydrogen) atoms. The zero-order valence-electron chi connectivity index (χ0n) is 13.8. The second kappa shape index (κ2) is 6.66. The van der Waals surface area contributed by atoms with Crippen molar-refractivity contribution < 1.29 is 8.78 Å². The third kappa shape index (κ3) is 3.21. The van der Waals surface area contributed by atoms with Gasteiger partial charge in [0.1, 0.15) is 11.6 Å². The molecule has 0 spiro atoms. The molecule has 0 heterocycles. The lowest BCUT2D eigenvalue weighted by Crippen LogP contribution is -2.06. The van der Waals surface area contributed by atoms with E-state index in [-0.39, 0.29) is 11.6 Å². The van der Waals surface area contributed by atoms with Gasteiger partial charge in [-0.2, -0.15) is 0 Å². The molecule has 0 saturated heterocycles. The van der Waals surface area contributed by atoms with Gasteiger partial charge in [-0.3, -0.25) is 0 Å². The van der Waals surface area contributed by atoms with Crippen LogP contribution in [-0.2, 0) is 25.7 Å². The first-order valence-corrected chi connectivity index (χ1v) is 8.40. The van der Waals surface area contributed by atoms with Gasteiger partial charge in [0, 0.05) is 5.56 Å². The van der Waals surface area contributed by atoms with Gasteiger partial charge in [-0.05, 0) is 65.6 Å². The zero-order valence-corrected chi connectivity index (χ0v) is 13.8. The summed E-state index contributed by atoms with van der Waals surface area (Å²) in [5.41, 5.74) is 5.54. The van der Waals surface area contributed by atoms with E-state index < -0.39 is 0 Å². The molecule has 0 nitrogen and oxygen atoms in total. The van der Waals surface area contributed by atoms with Crippen LogP contribution >= 0.6 is 0 Å². The molecule has 1 aliphatic rings. The average molecular weight is 312 g/mol. The lowest BCUT2D eigenvalue weighted by molar-refractivity contribution is 0.609. The van der Waals surface area contributed by atoms with E-state index in [2.05, 4.69) is 13.0 Å². The molecule has 2 heteroatoms. The van der Waals surface area contributed by atoms with Gasteiger partial charge in [-0.15, -0.1) is 0 Å². The minimum atomic E-state index is -0.170. The summed E-state index contributed by atoms with van der Waals surface area (Å²) in [6.07, 6.45) is 6.02. The van der Waals surface area contributed by atoms with Crippen LogP contribution in [0, 0.1) is 11.6 Å². The molecular formula is C21H22F2. The summed E-state index contributed by atoms with van der Waals surface area (Å²) in [6.45, 7) is 4.05. The van der Waals surface area contributed by atoms with Gasteiger partial charge in [0.15, 0.2) is 0 Å². The first-order valence-electron chi connectivity index (χ1n) is 8.40. The molecule has 0 aromatic heterocycles. The van der Waals surface area contributed by atoms with Gasteiger partial charge in [-0.1, -0.05) is 44.5 Å². The second-order valence-electron chi connectivity index (χ2n) is 6.24. The number of benzene rings is 2. The van der Waals surface area contributed by atoms with Gasteiger partial charge in [-0.25, -0.2) is 8.78 Å². The minimum absolute atomic E-state index is 0.147. The van der Waals surface area contributed by atoms with Gasteiger partial charge in [0.25, 0.3) is 0 Å². The van der Waals surface area contributed by atoms with E-state index in [1.807, 2.05) is 25.1 Å². The predicted octanol–water partition coefficient (Wildman–Crippen LogP) is 5.66. The lowest BCUT2D eigenvalue weighted by Gasteiger charge is -2.19. The summed E-state index contributed by atoms with van der Waals surface area (Å²) in [6, 6.07) is 9.09. The Balaban J connectivity index is 1.90. The number of fused-ring (bicyclic) bond motifs is 1. The van der Waals surface area contributed by atoms with Gasteiger partial charge in [0.2, 0.25) is 0 Å². The van der Waals surface area contributed by atoms with Crippen molar-refractivity contribution in [3.63, 3.8) is 0 Å². The van der Waals surface area contributed by atoms with Crippen molar-refractivity contribution in [1.29, 1.82) is 0 Å². The second-order valence-corrected chi connectivity index (χ2v) is 6.24. The van der Waals surface area contributed by atoms with Crippen LogP contribution in [0.15, 0.2) is 36.4 Å². The van der Waals surface area contributed by atoms with Crippen LogP contribution in [0.2, 0.25) is 0 Å². The minimum Gasteiger partial charge on any atom is -0.207 e. The molecule has 120 valence electrons. The van der Waals surface area contributed by atoms with E-state index in [1.54, 1.807) is 12.1 Å². The molecule has 0 bridgehead atoms. The van der Waals surface area contributed by atoms with Crippen molar-refractivity contribution in [2.24, 2.45) is 0 Å². The summed E-state index contributed by atoms with van der Waals surface area (Å²) in [5.74, 6) is -0.317. The predicted molar refractivity (Wildman–Crippen MR) is 91.6 cm³/mol. The van der Waals surface area contributed by atoms with Gasteiger partial charge in [0.05, 0.1) is 0 Å². The average Bonchev–Trinajstić information content (AvgIpc) is 2.54. The van der Waals surface area contributed by atoms with Crippen molar-refractivity contribution in [2.45, 2.75) is 46.0 Å². The van der Waals surface area contributed by atoms with Crippen LogP contribution in [0.4, 0.5) is 8.78 Å². The largest absolute Gasteiger partial charge is 0.207 e. The Morgan fingerprint density at radius 2 is 1.78 bits per heavy atom. The highest BCUT2D eigenvalue weighted by Crippen LogP contribution is 2.31. The van der Waals surface area contributed by atoms with Crippen LogP contribution < -0.4 is 0 Å². The number of allylic oxidation sites excluding steroid dienone is 2. The molecule has 0 amide bonds. The Kier molecular flexibility index (Phi) is 4.61. The van der Waals surface area contributed by atoms with Crippen LogP contribution in [0.25, 0.3) is 5.57 Å². The Bertz CT molecular complexity index is 757. The number of aryl methyl sites for hydroxylation is 2. The van der Waals surface area contributed by atoms with Crippen LogP contribution in [0.5, 0.6) is 0 Å². The Labute approximate surface area is 136 Å². The van der Waals surface area contributed by atoms with Crippen molar-refractivity contribution in [1.82, 2.24) is 0 Å². The summed E-state index contributed by atoms with van der Waals surface area (Å²) in [7, 11) is 0. The maximum Gasteiger partial charge on any atom is 0.130 e. The Hall–Kier alpha value is -1.96. The van der Waals surface area contributed by atoms with E-state index in [4.69, 9.17) is 0 Å². The van der Waals surface area contributed by atoms with Gasteiger partial charge >= 0.3 is 0 Å². The number of rotatable bonds is 4. The quantitative estimate of drug-likeness (QED) is 0.683. The standard InChI is InChI=1S/C21H22F2/c1-3-5-14-6-9-19(21(23)10-14)17-8-7-16-11-15(4-2)20(22)13-18(16)12-17/h6,8-11,13H,3-5,7,12H2,1-2H3. The molecule has 3 rings (SSSR count). The summed E-state index contributed by atoms with van der Waals surface area (Å²) >= 11 is 0. The zero-order chi connectivity index (χ0) is 16.4. The highest BCUT2D eigenvalue weighted by Gasteiger charge is 2.17. The van der Waals surface area contributed by atoms with E-state index in [0.29, 0.717) is 18.4 Å². The maximum atomic E-state index is 14.4. The molecule has 0 radical (unpaired) electrons. The summed E-state index contributed by atoms with van der Waals surface area (Å²) in [4.78, 5) is 0. The van der Waals surface area contributed by atoms with E-state index in [0.717, 1.165) is 47.1 Å². The van der Waals surface area contributed by atoms with Crippen molar-refractivity contribution >= 4 is 5.57 Å². The molecule has 0 atom stereocenters. The topological polar surface area (TPSA) is 0 Å². The number of hydrogen-bond donors (Lipinski definition) is 0. The molecule has 0 saturated carbocycles. The molecule has 2 aromatic carbocycles. The van der Waals surface area contributed by atoms with Crippen LogP contribution in [0.1, 0.15) is 48.1 Å². The smallest absolute Gasteiger partial charge is 0.130 e. The van der Waals surface area contributed by atoms with Crippen molar-refractivity contribution in [3.8, 4) is 0 Å². The fourth-order valence-corrected chi connectivity index (χ4v) is 3.31. The molecular weight excluding hydrogens is 290 g/mol. The SMILES string of the molecule is CCCc1ccc(C2=CCc3cc(CC)c(F)cc3C2)c(F)c1. The maximum absolute atomic E-state index is 14.4. The van der Waals surface area contributed by atoms with Crippen molar-refractivity contribution in [2.75, 3.05) is 0 Å². The highest BCUT2D eigenvalue weighted by atomic mass is 19.1. The van der Waals surface area contributed by atoms with E-state index in [1.165, 1.54) is 0 Å². The Morgan fingerprint density at radius 1 is 0.957 bits per heavy atom. The van der Waals surface area contributed by atoms with E-state index >= 15 is 0 Å². The van der Waals surface area contributed by atoms with Gasteiger partial charge < -0.3 is 0 Å². The van der Waals surface area contributed by atoms with E-state index in [9.17, 15) is 8.78 Å². The summed E-state index contributed by atoms with van der Waals surface area (Å²) in [5, 5.41) is 0. The summed E-state index contributed by atoms with van der Waals surface area (Å²) < 4.78 is 28.4. The third-order valence-electron chi connectivity index (χ3n) is 4.62. The number of halogens is 2. The first-order chi connectivity index (χ1) is 11.1. The van der Waals surface area contributed by atoms with Crippen LogP contribution in [0.3, 0.4) is 0 Å². The first kappa shape index (κ1) is 15.9. The molecule has 0 N–H and O–H groups in total. The molecule has 0 aliphatic heterocycles.